The maximum atomic E-state index is 14.2. The van der Waals surface area contributed by atoms with E-state index in [-0.39, 0.29) is 17.8 Å². The van der Waals surface area contributed by atoms with Gasteiger partial charge in [-0.3, -0.25) is 4.79 Å². The average Bonchev–Trinajstić information content (AvgIpc) is 2.47. The first-order valence-electron chi connectivity index (χ1n) is 6.36. The standard InChI is InChI=1S/C14H16FN3O3/c1-8(14(19)20)6-18(2)13-9-4-5-10(21-3)11(15)12(9)16-7-17-13/h4-5,7-8H,6H2,1-3H3,(H,19,20). The zero-order valence-electron chi connectivity index (χ0n) is 12.0. The number of methoxy groups -OCH3 is 1. The van der Waals surface area contributed by atoms with Crippen molar-refractivity contribution in [3.05, 3.63) is 24.3 Å². The van der Waals surface area contributed by atoms with Crippen molar-refractivity contribution in [2.45, 2.75) is 6.92 Å². The number of anilines is 1. The minimum Gasteiger partial charge on any atom is -0.494 e. The Labute approximate surface area is 121 Å². The molecule has 0 saturated heterocycles. The van der Waals surface area contributed by atoms with Gasteiger partial charge >= 0.3 is 5.97 Å². The van der Waals surface area contributed by atoms with Crippen molar-refractivity contribution in [3.63, 3.8) is 0 Å². The Bertz CT molecular complexity index is 678. The van der Waals surface area contributed by atoms with E-state index in [4.69, 9.17) is 9.84 Å². The molecule has 0 amide bonds. The summed E-state index contributed by atoms with van der Waals surface area (Å²) in [6, 6.07) is 3.16. The van der Waals surface area contributed by atoms with Gasteiger partial charge in [-0.05, 0) is 12.1 Å². The third-order valence-corrected chi connectivity index (χ3v) is 3.24. The van der Waals surface area contributed by atoms with E-state index in [2.05, 4.69) is 9.97 Å². The van der Waals surface area contributed by atoms with Crippen molar-refractivity contribution in [2.75, 3.05) is 25.6 Å². The van der Waals surface area contributed by atoms with E-state index >= 15 is 0 Å². The number of carboxylic acid groups (broad SMARTS) is 1. The van der Waals surface area contributed by atoms with Crippen LogP contribution in [0.15, 0.2) is 18.5 Å². The first-order chi connectivity index (χ1) is 9.95. The van der Waals surface area contributed by atoms with Gasteiger partial charge in [-0.15, -0.1) is 0 Å². The lowest BCUT2D eigenvalue weighted by atomic mass is 10.1. The van der Waals surface area contributed by atoms with Gasteiger partial charge < -0.3 is 14.7 Å². The van der Waals surface area contributed by atoms with Crippen LogP contribution in [0.4, 0.5) is 10.2 Å². The van der Waals surface area contributed by atoms with E-state index in [9.17, 15) is 9.18 Å². The minimum atomic E-state index is -0.895. The molecule has 0 radical (unpaired) electrons. The fourth-order valence-electron chi connectivity index (χ4n) is 2.10. The van der Waals surface area contributed by atoms with Gasteiger partial charge in [0.1, 0.15) is 17.7 Å². The summed E-state index contributed by atoms with van der Waals surface area (Å²) in [6.07, 6.45) is 1.25. The van der Waals surface area contributed by atoms with E-state index in [1.165, 1.54) is 19.5 Å². The molecule has 1 unspecified atom stereocenters. The SMILES string of the molecule is COc1ccc2c(N(C)CC(C)C(=O)O)ncnc2c1F. The molecule has 0 spiro atoms. The monoisotopic (exact) mass is 293 g/mol. The number of aromatic nitrogens is 2. The summed E-state index contributed by atoms with van der Waals surface area (Å²) < 4.78 is 19.1. The zero-order chi connectivity index (χ0) is 15.6. The van der Waals surface area contributed by atoms with Crippen LogP contribution in [0.1, 0.15) is 6.92 Å². The number of fused-ring (bicyclic) bond motifs is 1. The van der Waals surface area contributed by atoms with Gasteiger partial charge in [0.25, 0.3) is 0 Å². The van der Waals surface area contributed by atoms with Crippen LogP contribution in [0.25, 0.3) is 10.9 Å². The molecular formula is C14H16FN3O3. The molecule has 0 fully saturated rings. The van der Waals surface area contributed by atoms with Crippen LogP contribution in [0.3, 0.4) is 0 Å². The molecule has 1 atom stereocenters. The number of nitrogens with zero attached hydrogens (tertiary/aromatic N) is 3. The first kappa shape index (κ1) is 15.0. The number of aliphatic carboxylic acids is 1. The molecule has 7 heteroatoms. The van der Waals surface area contributed by atoms with Gasteiger partial charge in [0.2, 0.25) is 0 Å². The molecular weight excluding hydrogens is 277 g/mol. The van der Waals surface area contributed by atoms with Gasteiger partial charge in [-0.2, -0.15) is 0 Å². The fourth-order valence-corrected chi connectivity index (χ4v) is 2.10. The number of ether oxygens (including phenoxy) is 1. The maximum Gasteiger partial charge on any atom is 0.308 e. The number of carboxylic acids is 1. The van der Waals surface area contributed by atoms with Crippen molar-refractivity contribution >= 4 is 22.7 Å². The molecule has 21 heavy (non-hydrogen) atoms. The third kappa shape index (κ3) is 2.86. The Morgan fingerprint density at radius 2 is 2.19 bits per heavy atom. The number of hydrogen-bond donors (Lipinski definition) is 1. The number of benzene rings is 1. The number of carbonyl (C=O) groups is 1. The van der Waals surface area contributed by atoms with E-state index < -0.39 is 17.7 Å². The Kier molecular flexibility index (Phi) is 4.21. The summed E-state index contributed by atoms with van der Waals surface area (Å²) in [5, 5.41) is 9.48. The van der Waals surface area contributed by atoms with Crippen molar-refractivity contribution in [3.8, 4) is 5.75 Å². The van der Waals surface area contributed by atoms with Crippen LogP contribution in [-0.2, 0) is 4.79 Å². The summed E-state index contributed by atoms with van der Waals surface area (Å²) in [5.41, 5.74) is 0.147. The van der Waals surface area contributed by atoms with E-state index in [0.29, 0.717) is 11.2 Å². The topological polar surface area (TPSA) is 75.5 Å². The van der Waals surface area contributed by atoms with Crippen molar-refractivity contribution in [1.82, 2.24) is 9.97 Å². The van der Waals surface area contributed by atoms with E-state index in [0.717, 1.165) is 0 Å². The highest BCUT2D eigenvalue weighted by Gasteiger charge is 2.18. The summed E-state index contributed by atoms with van der Waals surface area (Å²) in [5.74, 6) is -1.43. The highest BCUT2D eigenvalue weighted by molar-refractivity contribution is 5.90. The number of halogens is 1. The molecule has 6 nitrogen and oxygen atoms in total. The predicted octanol–water partition coefficient (Wildman–Crippen LogP) is 1.93. The summed E-state index contributed by atoms with van der Waals surface area (Å²) in [4.78, 5) is 20.7. The number of rotatable bonds is 5. The molecule has 1 heterocycles. The minimum absolute atomic E-state index is 0.105. The average molecular weight is 293 g/mol. The van der Waals surface area contributed by atoms with Crippen molar-refractivity contribution in [1.29, 1.82) is 0 Å². The highest BCUT2D eigenvalue weighted by atomic mass is 19.1. The Balaban J connectivity index is 2.45. The van der Waals surface area contributed by atoms with Crippen LogP contribution in [-0.4, -0.2) is 41.7 Å². The van der Waals surface area contributed by atoms with Crippen LogP contribution in [0.2, 0.25) is 0 Å². The summed E-state index contributed by atoms with van der Waals surface area (Å²) in [7, 11) is 3.09. The zero-order valence-corrected chi connectivity index (χ0v) is 12.0. The molecule has 0 aliphatic carbocycles. The Morgan fingerprint density at radius 1 is 1.48 bits per heavy atom. The second kappa shape index (κ2) is 5.90. The summed E-state index contributed by atoms with van der Waals surface area (Å²) in [6.45, 7) is 1.86. The molecule has 0 bridgehead atoms. The van der Waals surface area contributed by atoms with Crippen LogP contribution >= 0.6 is 0 Å². The fraction of sp³-hybridized carbons (Fsp3) is 0.357. The van der Waals surface area contributed by atoms with Crippen LogP contribution < -0.4 is 9.64 Å². The molecule has 2 aromatic rings. The predicted molar refractivity (Wildman–Crippen MR) is 76.1 cm³/mol. The maximum absolute atomic E-state index is 14.2. The molecule has 1 aromatic carbocycles. The van der Waals surface area contributed by atoms with Crippen LogP contribution in [0.5, 0.6) is 5.75 Å². The van der Waals surface area contributed by atoms with Gasteiger partial charge in [0.05, 0.1) is 13.0 Å². The summed E-state index contributed by atoms with van der Waals surface area (Å²) >= 11 is 0. The molecule has 0 aliphatic rings. The molecule has 0 saturated carbocycles. The molecule has 2 rings (SSSR count). The van der Waals surface area contributed by atoms with E-state index in [1.807, 2.05) is 0 Å². The smallest absolute Gasteiger partial charge is 0.308 e. The van der Waals surface area contributed by atoms with Gasteiger partial charge in [-0.25, -0.2) is 14.4 Å². The van der Waals surface area contributed by atoms with Crippen molar-refractivity contribution < 1.29 is 19.0 Å². The normalized spacial score (nSPS) is 12.2. The second-order valence-electron chi connectivity index (χ2n) is 4.80. The lowest BCUT2D eigenvalue weighted by molar-refractivity contribution is -0.140. The quantitative estimate of drug-likeness (QED) is 0.908. The molecule has 1 N–H and O–H groups in total. The lowest BCUT2D eigenvalue weighted by Crippen LogP contribution is -2.29. The number of hydrogen-bond acceptors (Lipinski definition) is 5. The van der Waals surface area contributed by atoms with Gasteiger partial charge in [0.15, 0.2) is 11.6 Å². The third-order valence-electron chi connectivity index (χ3n) is 3.24. The molecule has 1 aromatic heterocycles. The second-order valence-corrected chi connectivity index (χ2v) is 4.80. The molecule has 0 aliphatic heterocycles. The van der Waals surface area contributed by atoms with Gasteiger partial charge in [-0.1, -0.05) is 6.92 Å². The van der Waals surface area contributed by atoms with Crippen molar-refractivity contribution in [2.24, 2.45) is 5.92 Å². The molecule has 112 valence electrons. The Morgan fingerprint density at radius 3 is 2.81 bits per heavy atom. The van der Waals surface area contributed by atoms with Gasteiger partial charge in [0, 0.05) is 19.0 Å². The first-order valence-corrected chi connectivity index (χ1v) is 6.36. The highest BCUT2D eigenvalue weighted by Crippen LogP contribution is 2.29. The lowest BCUT2D eigenvalue weighted by Gasteiger charge is -2.21. The van der Waals surface area contributed by atoms with E-state index in [1.54, 1.807) is 24.9 Å². The van der Waals surface area contributed by atoms with Crippen LogP contribution in [0, 0.1) is 11.7 Å². The Hall–Kier alpha value is -2.44. The largest absolute Gasteiger partial charge is 0.494 e.